The van der Waals surface area contributed by atoms with E-state index in [-0.39, 0.29) is 29.7 Å². The molecule has 2 amide bonds. The fourth-order valence-electron chi connectivity index (χ4n) is 2.42. The minimum absolute atomic E-state index is 0.131. The van der Waals surface area contributed by atoms with Gasteiger partial charge >= 0.3 is 0 Å². The van der Waals surface area contributed by atoms with E-state index in [0.29, 0.717) is 6.54 Å². The second-order valence-electron chi connectivity index (χ2n) is 5.73. The number of aromatic nitrogens is 1. The minimum Gasteiger partial charge on any atom is -0.363 e. The summed E-state index contributed by atoms with van der Waals surface area (Å²) in [5, 5.41) is 6.16. The number of hydrogen-bond acceptors (Lipinski definition) is 4. The third-order valence-corrected chi connectivity index (χ3v) is 3.68. The fraction of sp³-hybridized carbons (Fsp3) is 0.389. The van der Waals surface area contributed by atoms with Gasteiger partial charge in [-0.1, -0.05) is 37.4 Å². The summed E-state index contributed by atoms with van der Waals surface area (Å²) in [5.41, 5.74) is 0.227. The Balaban J connectivity index is 2.03. The van der Waals surface area contributed by atoms with Crippen molar-refractivity contribution in [1.29, 1.82) is 0 Å². The van der Waals surface area contributed by atoms with Crippen molar-refractivity contribution in [3.8, 4) is 0 Å². The van der Waals surface area contributed by atoms with Crippen LogP contribution in [0.25, 0.3) is 0 Å². The quantitative estimate of drug-likeness (QED) is 0.705. The molecule has 6 nitrogen and oxygen atoms in total. The standard InChI is InChI=1S/C18H22FN3O3/c1-2-3-4-5-10-22(13-17(23)20-16-9-11-25-21-16)18(24)14-7-6-8-15(19)12-14/h6-9,11-12H,2-5,10,13H2,1H3,(H,20,21,23). The van der Waals surface area contributed by atoms with E-state index in [0.717, 1.165) is 25.7 Å². The molecule has 0 aliphatic carbocycles. The molecule has 1 aromatic carbocycles. The summed E-state index contributed by atoms with van der Waals surface area (Å²) in [6.07, 6.45) is 5.23. The average molecular weight is 347 g/mol. The zero-order valence-corrected chi connectivity index (χ0v) is 14.2. The molecule has 2 rings (SSSR count). The highest BCUT2D eigenvalue weighted by molar-refractivity contribution is 5.99. The first-order valence-corrected chi connectivity index (χ1v) is 8.35. The van der Waals surface area contributed by atoms with Crippen molar-refractivity contribution >= 4 is 17.6 Å². The summed E-state index contributed by atoms with van der Waals surface area (Å²) in [5.74, 6) is -0.946. The van der Waals surface area contributed by atoms with Crippen molar-refractivity contribution in [3.05, 3.63) is 48.0 Å². The molecule has 0 atom stereocenters. The predicted molar refractivity (Wildman–Crippen MR) is 91.6 cm³/mol. The van der Waals surface area contributed by atoms with Crippen molar-refractivity contribution in [3.63, 3.8) is 0 Å². The van der Waals surface area contributed by atoms with Crippen LogP contribution in [-0.4, -0.2) is 35.0 Å². The van der Waals surface area contributed by atoms with E-state index in [2.05, 4.69) is 21.9 Å². The molecule has 0 fully saturated rings. The molecule has 25 heavy (non-hydrogen) atoms. The van der Waals surface area contributed by atoms with Crippen LogP contribution < -0.4 is 5.32 Å². The molecule has 1 heterocycles. The molecule has 2 aromatic rings. The topological polar surface area (TPSA) is 75.4 Å². The van der Waals surface area contributed by atoms with E-state index in [1.807, 2.05) is 0 Å². The summed E-state index contributed by atoms with van der Waals surface area (Å²) in [6, 6.07) is 6.99. The summed E-state index contributed by atoms with van der Waals surface area (Å²) in [4.78, 5) is 26.2. The number of rotatable bonds is 9. The smallest absolute Gasteiger partial charge is 0.254 e. The minimum atomic E-state index is -0.483. The average Bonchev–Trinajstić information content (AvgIpc) is 3.10. The molecule has 0 aliphatic rings. The van der Waals surface area contributed by atoms with Gasteiger partial charge in [0.15, 0.2) is 5.82 Å². The van der Waals surface area contributed by atoms with E-state index >= 15 is 0 Å². The van der Waals surface area contributed by atoms with Gasteiger partial charge in [-0.25, -0.2) is 4.39 Å². The van der Waals surface area contributed by atoms with Crippen LogP contribution in [0.5, 0.6) is 0 Å². The largest absolute Gasteiger partial charge is 0.363 e. The van der Waals surface area contributed by atoms with Gasteiger partial charge in [0.2, 0.25) is 5.91 Å². The Morgan fingerprint density at radius 3 is 2.76 bits per heavy atom. The summed E-state index contributed by atoms with van der Waals surface area (Å²) in [6.45, 7) is 2.40. The number of carbonyl (C=O) groups excluding carboxylic acids is 2. The molecule has 7 heteroatoms. The number of carbonyl (C=O) groups is 2. The highest BCUT2D eigenvalue weighted by Gasteiger charge is 2.19. The Hall–Kier alpha value is -2.70. The number of amides is 2. The molecular formula is C18H22FN3O3. The van der Waals surface area contributed by atoms with Gasteiger partial charge in [0, 0.05) is 18.2 Å². The number of halogens is 1. The van der Waals surface area contributed by atoms with Crippen LogP contribution in [0.4, 0.5) is 10.2 Å². The highest BCUT2D eigenvalue weighted by atomic mass is 19.1. The lowest BCUT2D eigenvalue weighted by Gasteiger charge is -2.22. The molecule has 0 saturated heterocycles. The van der Waals surface area contributed by atoms with Crippen LogP contribution in [0.2, 0.25) is 0 Å². The molecule has 134 valence electrons. The molecular weight excluding hydrogens is 325 g/mol. The Morgan fingerprint density at radius 1 is 1.24 bits per heavy atom. The summed E-state index contributed by atoms with van der Waals surface area (Å²) < 4.78 is 18.0. The second kappa shape index (κ2) is 9.56. The van der Waals surface area contributed by atoms with Gasteiger partial charge in [0.05, 0.1) is 0 Å². The first kappa shape index (κ1) is 18.6. The van der Waals surface area contributed by atoms with E-state index in [1.165, 1.54) is 35.4 Å². The SMILES string of the molecule is CCCCCCN(CC(=O)Nc1ccon1)C(=O)c1cccc(F)c1. The van der Waals surface area contributed by atoms with Crippen molar-refractivity contribution in [2.45, 2.75) is 32.6 Å². The first-order chi connectivity index (χ1) is 12.1. The number of nitrogens with zero attached hydrogens (tertiary/aromatic N) is 2. The number of nitrogens with one attached hydrogen (secondary N) is 1. The third kappa shape index (κ3) is 6.02. The van der Waals surface area contributed by atoms with Crippen LogP contribution in [0.1, 0.15) is 43.0 Å². The lowest BCUT2D eigenvalue weighted by atomic mass is 10.1. The van der Waals surface area contributed by atoms with Gasteiger partial charge in [-0.05, 0) is 24.6 Å². The van der Waals surface area contributed by atoms with Crippen LogP contribution in [0, 0.1) is 5.82 Å². The van der Waals surface area contributed by atoms with Gasteiger partial charge in [-0.15, -0.1) is 0 Å². The molecule has 0 aliphatic heterocycles. The maximum absolute atomic E-state index is 13.4. The van der Waals surface area contributed by atoms with Gasteiger partial charge in [0.25, 0.3) is 5.91 Å². The normalized spacial score (nSPS) is 10.5. The van der Waals surface area contributed by atoms with Gasteiger partial charge < -0.3 is 14.7 Å². The first-order valence-electron chi connectivity index (χ1n) is 8.35. The van der Waals surface area contributed by atoms with Crippen molar-refractivity contribution in [2.75, 3.05) is 18.4 Å². The molecule has 0 radical (unpaired) electrons. The molecule has 0 saturated carbocycles. The zero-order chi connectivity index (χ0) is 18.1. The van der Waals surface area contributed by atoms with Crippen LogP contribution in [-0.2, 0) is 4.79 Å². The predicted octanol–water partition coefficient (Wildman–Crippen LogP) is 3.47. The van der Waals surface area contributed by atoms with Crippen molar-refractivity contribution < 1.29 is 18.5 Å². The maximum atomic E-state index is 13.4. The molecule has 0 unspecified atom stereocenters. The summed E-state index contributed by atoms with van der Waals surface area (Å²) >= 11 is 0. The molecule has 1 N–H and O–H groups in total. The number of anilines is 1. The number of hydrogen-bond donors (Lipinski definition) is 1. The van der Waals surface area contributed by atoms with Gasteiger partial charge in [0.1, 0.15) is 18.6 Å². The van der Waals surface area contributed by atoms with Crippen LogP contribution in [0.3, 0.4) is 0 Å². The Labute approximate surface area is 146 Å². The Kier molecular flexibility index (Phi) is 7.13. The maximum Gasteiger partial charge on any atom is 0.254 e. The van der Waals surface area contributed by atoms with Crippen LogP contribution in [0.15, 0.2) is 41.1 Å². The second-order valence-corrected chi connectivity index (χ2v) is 5.73. The highest BCUT2D eigenvalue weighted by Crippen LogP contribution is 2.10. The number of unbranched alkanes of at least 4 members (excludes halogenated alkanes) is 3. The van der Waals surface area contributed by atoms with Crippen LogP contribution >= 0.6 is 0 Å². The lowest BCUT2D eigenvalue weighted by molar-refractivity contribution is -0.117. The third-order valence-electron chi connectivity index (χ3n) is 3.68. The monoisotopic (exact) mass is 347 g/mol. The van der Waals surface area contributed by atoms with Gasteiger partial charge in [-0.3, -0.25) is 9.59 Å². The Bertz CT molecular complexity index is 689. The molecule has 1 aromatic heterocycles. The number of benzene rings is 1. The molecule has 0 bridgehead atoms. The zero-order valence-electron chi connectivity index (χ0n) is 14.2. The Morgan fingerprint density at radius 2 is 2.08 bits per heavy atom. The summed E-state index contributed by atoms with van der Waals surface area (Å²) in [7, 11) is 0. The molecule has 0 spiro atoms. The van der Waals surface area contributed by atoms with E-state index in [1.54, 1.807) is 6.07 Å². The van der Waals surface area contributed by atoms with Gasteiger partial charge in [-0.2, -0.15) is 0 Å². The van der Waals surface area contributed by atoms with E-state index < -0.39 is 5.82 Å². The van der Waals surface area contributed by atoms with E-state index in [4.69, 9.17) is 0 Å². The van der Waals surface area contributed by atoms with E-state index in [9.17, 15) is 14.0 Å². The van der Waals surface area contributed by atoms with Crippen molar-refractivity contribution in [1.82, 2.24) is 10.1 Å². The van der Waals surface area contributed by atoms with Crippen molar-refractivity contribution in [2.24, 2.45) is 0 Å². The fourth-order valence-corrected chi connectivity index (χ4v) is 2.42. The lowest BCUT2D eigenvalue weighted by Crippen LogP contribution is -2.38.